The van der Waals surface area contributed by atoms with Crippen molar-refractivity contribution in [1.29, 1.82) is 0 Å². The largest absolute Gasteiger partial charge is 0.377 e. The number of hydrogen-bond donors (Lipinski definition) is 1. The molecule has 3 rings (SSSR count). The van der Waals surface area contributed by atoms with Gasteiger partial charge in [0.05, 0.1) is 6.10 Å². The summed E-state index contributed by atoms with van der Waals surface area (Å²) in [6.45, 7) is 6.55. The first-order chi connectivity index (χ1) is 11.6. The molecule has 0 radical (unpaired) electrons. The first-order valence-corrected chi connectivity index (χ1v) is 8.63. The molecule has 1 unspecified atom stereocenters. The van der Waals surface area contributed by atoms with Crippen molar-refractivity contribution in [2.75, 3.05) is 44.6 Å². The van der Waals surface area contributed by atoms with E-state index >= 15 is 0 Å². The molecule has 0 aliphatic carbocycles. The molecule has 0 saturated carbocycles. The number of ether oxygens (including phenoxy) is 1. The summed E-state index contributed by atoms with van der Waals surface area (Å²) in [5.41, 5.74) is 1.27. The Morgan fingerprint density at radius 1 is 1.25 bits per heavy atom. The Kier molecular flexibility index (Phi) is 5.48. The van der Waals surface area contributed by atoms with E-state index < -0.39 is 0 Å². The summed E-state index contributed by atoms with van der Waals surface area (Å²) in [6.07, 6.45) is 2.67. The van der Waals surface area contributed by atoms with Crippen molar-refractivity contribution < 1.29 is 14.3 Å². The van der Waals surface area contributed by atoms with Crippen LogP contribution in [0.25, 0.3) is 0 Å². The third kappa shape index (κ3) is 4.33. The maximum Gasteiger partial charge on any atom is 0.321 e. The van der Waals surface area contributed by atoms with Crippen molar-refractivity contribution in [1.82, 2.24) is 9.80 Å². The average molecular weight is 331 g/mol. The number of urea groups is 1. The van der Waals surface area contributed by atoms with Crippen LogP contribution in [0.15, 0.2) is 24.3 Å². The van der Waals surface area contributed by atoms with E-state index in [1.165, 1.54) is 6.92 Å². The van der Waals surface area contributed by atoms with Gasteiger partial charge in [0.1, 0.15) is 0 Å². The number of nitrogens with zero attached hydrogens (tertiary/aromatic N) is 2. The van der Waals surface area contributed by atoms with E-state index in [9.17, 15) is 9.59 Å². The molecular weight excluding hydrogens is 306 g/mol. The van der Waals surface area contributed by atoms with E-state index in [1.807, 2.05) is 4.90 Å². The van der Waals surface area contributed by atoms with Crippen molar-refractivity contribution in [2.45, 2.75) is 25.9 Å². The van der Waals surface area contributed by atoms with Crippen LogP contribution in [0.1, 0.15) is 30.1 Å². The molecule has 1 aromatic rings. The molecular formula is C18H25N3O3. The molecule has 0 aromatic heterocycles. The second-order valence-electron chi connectivity index (χ2n) is 6.49. The molecule has 1 aromatic carbocycles. The first-order valence-electron chi connectivity index (χ1n) is 8.63. The van der Waals surface area contributed by atoms with E-state index in [-0.39, 0.29) is 11.8 Å². The minimum absolute atomic E-state index is 0.00570. The van der Waals surface area contributed by atoms with Gasteiger partial charge in [-0.05, 0) is 31.9 Å². The molecule has 2 heterocycles. The van der Waals surface area contributed by atoms with Crippen LogP contribution in [0.5, 0.6) is 0 Å². The number of rotatable bonds is 4. The first kappa shape index (κ1) is 16.9. The summed E-state index contributed by atoms with van der Waals surface area (Å²) in [7, 11) is 0. The molecule has 0 spiro atoms. The highest BCUT2D eigenvalue weighted by Gasteiger charge is 2.24. The van der Waals surface area contributed by atoms with Crippen molar-refractivity contribution in [3.8, 4) is 0 Å². The highest BCUT2D eigenvalue weighted by molar-refractivity contribution is 5.96. The van der Waals surface area contributed by atoms with Gasteiger partial charge in [-0.3, -0.25) is 9.69 Å². The normalized spacial score (nSPS) is 21.7. The number of amides is 2. The van der Waals surface area contributed by atoms with E-state index in [4.69, 9.17) is 4.74 Å². The molecule has 1 atom stereocenters. The number of nitrogens with one attached hydrogen (secondary N) is 1. The Labute approximate surface area is 142 Å². The summed E-state index contributed by atoms with van der Waals surface area (Å²) in [4.78, 5) is 28.0. The third-order valence-corrected chi connectivity index (χ3v) is 4.67. The van der Waals surface area contributed by atoms with Crippen LogP contribution in [0.2, 0.25) is 0 Å². The maximum atomic E-state index is 12.4. The Bertz CT molecular complexity index is 591. The highest BCUT2D eigenvalue weighted by Crippen LogP contribution is 2.16. The lowest BCUT2D eigenvalue weighted by Gasteiger charge is -2.35. The summed E-state index contributed by atoms with van der Waals surface area (Å²) in [6, 6.07) is 6.95. The molecule has 2 fully saturated rings. The average Bonchev–Trinajstić information content (AvgIpc) is 3.08. The van der Waals surface area contributed by atoms with Gasteiger partial charge in [0.15, 0.2) is 5.78 Å². The van der Waals surface area contributed by atoms with Crippen molar-refractivity contribution in [2.24, 2.45) is 0 Å². The zero-order valence-corrected chi connectivity index (χ0v) is 14.2. The number of carbonyl (C=O) groups is 2. The van der Waals surface area contributed by atoms with E-state index in [2.05, 4.69) is 10.2 Å². The fourth-order valence-electron chi connectivity index (χ4n) is 3.23. The number of anilines is 1. The molecule has 24 heavy (non-hydrogen) atoms. The van der Waals surface area contributed by atoms with Crippen molar-refractivity contribution in [3.63, 3.8) is 0 Å². The lowest BCUT2D eigenvalue weighted by Crippen LogP contribution is -2.51. The van der Waals surface area contributed by atoms with E-state index in [1.54, 1.807) is 24.3 Å². The highest BCUT2D eigenvalue weighted by atomic mass is 16.5. The quantitative estimate of drug-likeness (QED) is 0.860. The van der Waals surface area contributed by atoms with Crippen LogP contribution in [-0.4, -0.2) is 67.0 Å². The van der Waals surface area contributed by atoms with Gasteiger partial charge >= 0.3 is 6.03 Å². The lowest BCUT2D eigenvalue weighted by atomic mass is 10.1. The molecule has 6 nitrogen and oxygen atoms in total. The molecule has 1 N–H and O–H groups in total. The number of Topliss-reactive ketones (excluding diaryl/α,β-unsaturated/α-hetero) is 1. The van der Waals surface area contributed by atoms with Crippen LogP contribution < -0.4 is 5.32 Å². The van der Waals surface area contributed by atoms with Crippen LogP contribution in [0.4, 0.5) is 10.5 Å². The summed E-state index contributed by atoms with van der Waals surface area (Å²) >= 11 is 0. The zero-order valence-electron chi connectivity index (χ0n) is 14.2. The lowest BCUT2D eigenvalue weighted by molar-refractivity contribution is 0.0571. The smallest absolute Gasteiger partial charge is 0.321 e. The standard InChI is InChI=1S/C18H25N3O3/c1-14(22)15-4-2-5-16(12-15)19-18(23)21-9-7-20(8-10-21)13-17-6-3-11-24-17/h2,4-5,12,17H,3,6-11,13H2,1H3,(H,19,23). The number of ketones is 1. The topological polar surface area (TPSA) is 61.9 Å². The summed E-state index contributed by atoms with van der Waals surface area (Å²) < 4.78 is 5.68. The fourth-order valence-corrected chi connectivity index (χ4v) is 3.23. The minimum atomic E-state index is -0.104. The second-order valence-corrected chi connectivity index (χ2v) is 6.49. The van der Waals surface area contributed by atoms with Crippen LogP contribution in [0, 0.1) is 0 Å². The van der Waals surface area contributed by atoms with Crippen LogP contribution in [0.3, 0.4) is 0 Å². The zero-order chi connectivity index (χ0) is 16.9. The summed E-state index contributed by atoms with van der Waals surface area (Å²) in [5.74, 6) is -0.00570. The van der Waals surface area contributed by atoms with Crippen LogP contribution in [-0.2, 0) is 4.74 Å². The van der Waals surface area contributed by atoms with E-state index in [0.29, 0.717) is 30.4 Å². The predicted octanol–water partition coefficient (Wildman–Crippen LogP) is 2.22. The second kappa shape index (κ2) is 7.77. The molecule has 2 amide bonds. The van der Waals surface area contributed by atoms with Crippen LogP contribution >= 0.6 is 0 Å². The molecule has 2 saturated heterocycles. The number of hydrogen-bond acceptors (Lipinski definition) is 4. The van der Waals surface area contributed by atoms with Gasteiger partial charge in [-0.25, -0.2) is 4.79 Å². The molecule has 6 heteroatoms. The predicted molar refractivity (Wildman–Crippen MR) is 92.5 cm³/mol. The monoisotopic (exact) mass is 331 g/mol. The number of benzene rings is 1. The molecule has 2 aliphatic rings. The minimum Gasteiger partial charge on any atom is -0.377 e. The van der Waals surface area contributed by atoms with Crippen molar-refractivity contribution in [3.05, 3.63) is 29.8 Å². The van der Waals surface area contributed by atoms with Crippen molar-refractivity contribution >= 4 is 17.5 Å². The maximum absolute atomic E-state index is 12.4. The van der Waals surface area contributed by atoms with Gasteiger partial charge in [-0.2, -0.15) is 0 Å². The molecule has 0 bridgehead atoms. The SMILES string of the molecule is CC(=O)c1cccc(NC(=O)N2CCN(CC3CCCO3)CC2)c1. The van der Waals surface area contributed by atoms with Gasteiger partial charge in [-0.1, -0.05) is 12.1 Å². The summed E-state index contributed by atoms with van der Waals surface area (Å²) in [5, 5.41) is 2.89. The Balaban J connectivity index is 1.48. The van der Waals surface area contributed by atoms with Gasteiger partial charge in [0.2, 0.25) is 0 Å². The molecule has 130 valence electrons. The number of carbonyl (C=O) groups excluding carboxylic acids is 2. The third-order valence-electron chi connectivity index (χ3n) is 4.67. The molecule has 2 aliphatic heterocycles. The van der Waals surface area contributed by atoms with E-state index in [0.717, 1.165) is 39.1 Å². The fraction of sp³-hybridized carbons (Fsp3) is 0.556. The van der Waals surface area contributed by atoms with Gasteiger partial charge in [-0.15, -0.1) is 0 Å². The Hall–Kier alpha value is -1.92. The van der Waals surface area contributed by atoms with Gasteiger partial charge in [0.25, 0.3) is 0 Å². The van der Waals surface area contributed by atoms with Gasteiger partial charge in [0, 0.05) is 50.6 Å². The Morgan fingerprint density at radius 2 is 2.04 bits per heavy atom. The van der Waals surface area contributed by atoms with Gasteiger partial charge < -0.3 is 15.0 Å². The number of piperazine rings is 1. The Morgan fingerprint density at radius 3 is 2.71 bits per heavy atom.